The van der Waals surface area contributed by atoms with Crippen molar-refractivity contribution in [3.8, 4) is 0 Å². The Morgan fingerprint density at radius 1 is 1.29 bits per heavy atom. The van der Waals surface area contributed by atoms with Crippen LogP contribution in [0, 0.1) is 6.92 Å². The minimum Gasteiger partial charge on any atom is -0.364 e. The van der Waals surface area contributed by atoms with Crippen molar-refractivity contribution in [2.45, 2.75) is 26.9 Å². The van der Waals surface area contributed by atoms with Gasteiger partial charge in [0.2, 0.25) is 5.89 Å². The average Bonchev–Trinajstić information content (AvgIpc) is 3.24. The lowest BCUT2D eigenvalue weighted by Crippen LogP contribution is -2.52. The molecule has 3 heterocycles. The molecule has 0 radical (unpaired) electrons. The van der Waals surface area contributed by atoms with Crippen molar-refractivity contribution in [1.82, 2.24) is 30.4 Å². The minimum atomic E-state index is 0.391. The summed E-state index contributed by atoms with van der Waals surface area (Å²) in [6, 6.07) is 1.91. The van der Waals surface area contributed by atoms with E-state index < -0.39 is 0 Å². The lowest BCUT2D eigenvalue weighted by atomic mass is 10.3. The van der Waals surface area contributed by atoms with Crippen LogP contribution in [0.25, 0.3) is 0 Å². The van der Waals surface area contributed by atoms with Gasteiger partial charge >= 0.3 is 0 Å². The second kappa shape index (κ2) is 7.91. The molecule has 0 bridgehead atoms. The highest BCUT2D eigenvalue weighted by Gasteiger charge is 2.20. The van der Waals surface area contributed by atoms with Crippen molar-refractivity contribution < 1.29 is 9.05 Å². The summed E-state index contributed by atoms with van der Waals surface area (Å²) in [6.07, 6.45) is 1.61. The van der Waals surface area contributed by atoms with Crippen LogP contribution < -0.4 is 5.32 Å². The normalized spacial score (nSPS) is 16.6. The zero-order valence-corrected chi connectivity index (χ0v) is 14.1. The molecule has 0 amide bonds. The van der Waals surface area contributed by atoms with Crippen LogP contribution in [-0.2, 0) is 13.1 Å². The molecule has 2 aromatic rings. The highest BCUT2D eigenvalue weighted by atomic mass is 16.5. The molecular weight excluding hydrogens is 310 g/mol. The highest BCUT2D eigenvalue weighted by Crippen LogP contribution is 2.08. The van der Waals surface area contributed by atoms with Crippen LogP contribution in [0.3, 0.4) is 0 Å². The van der Waals surface area contributed by atoms with Gasteiger partial charge in [-0.1, -0.05) is 10.3 Å². The lowest BCUT2D eigenvalue weighted by Gasteiger charge is -2.36. The van der Waals surface area contributed by atoms with E-state index in [2.05, 4.69) is 42.3 Å². The number of rotatable bonds is 5. The Bertz CT molecular complexity index is 645. The smallest absolute Gasteiger partial charge is 0.248 e. The third-order valence-corrected chi connectivity index (χ3v) is 3.82. The molecule has 1 N–H and O–H groups in total. The van der Waals surface area contributed by atoms with E-state index >= 15 is 0 Å². The van der Waals surface area contributed by atoms with Crippen molar-refractivity contribution in [3.63, 3.8) is 0 Å². The molecule has 24 heavy (non-hydrogen) atoms. The van der Waals surface area contributed by atoms with E-state index in [1.54, 1.807) is 13.2 Å². The average molecular weight is 333 g/mol. The number of aromatic nitrogens is 3. The molecule has 0 unspecified atom stereocenters. The molecule has 0 atom stereocenters. The lowest BCUT2D eigenvalue weighted by molar-refractivity contribution is 0.169. The number of aryl methyl sites for hydroxylation is 1. The van der Waals surface area contributed by atoms with Crippen molar-refractivity contribution in [3.05, 3.63) is 29.7 Å². The molecular formula is C15H23N7O2. The fourth-order valence-electron chi connectivity index (χ4n) is 2.64. The molecule has 9 nitrogen and oxygen atoms in total. The molecule has 0 spiro atoms. The number of nitrogens with zero attached hydrogens (tertiary/aromatic N) is 6. The number of hydrogen-bond donors (Lipinski definition) is 1. The van der Waals surface area contributed by atoms with Gasteiger partial charge in [0.15, 0.2) is 11.8 Å². The van der Waals surface area contributed by atoms with Crippen molar-refractivity contribution in [2.75, 3.05) is 32.7 Å². The van der Waals surface area contributed by atoms with Gasteiger partial charge < -0.3 is 19.3 Å². The first-order valence-electron chi connectivity index (χ1n) is 8.18. The van der Waals surface area contributed by atoms with Crippen LogP contribution >= 0.6 is 0 Å². The van der Waals surface area contributed by atoms with Gasteiger partial charge in [-0.2, -0.15) is 4.98 Å². The third-order valence-electron chi connectivity index (χ3n) is 3.82. The predicted molar refractivity (Wildman–Crippen MR) is 87.2 cm³/mol. The molecule has 1 fully saturated rings. The predicted octanol–water partition coefficient (Wildman–Crippen LogP) is 0.649. The Morgan fingerprint density at radius 2 is 2.12 bits per heavy atom. The fourth-order valence-corrected chi connectivity index (χ4v) is 2.64. The van der Waals surface area contributed by atoms with Crippen molar-refractivity contribution >= 4 is 5.96 Å². The minimum absolute atomic E-state index is 0.391. The SMILES string of the molecule is CCNC(=NCc1nc(C)no1)N1CCN(Cc2ccon2)CC1. The first kappa shape index (κ1) is 16.4. The quantitative estimate of drug-likeness (QED) is 0.629. The molecule has 0 aliphatic carbocycles. The van der Waals surface area contributed by atoms with E-state index in [-0.39, 0.29) is 0 Å². The van der Waals surface area contributed by atoms with Crippen LogP contribution in [-0.4, -0.2) is 63.8 Å². The number of hydrogen-bond acceptors (Lipinski definition) is 7. The maximum atomic E-state index is 5.12. The molecule has 130 valence electrons. The van der Waals surface area contributed by atoms with Gasteiger partial charge in [0, 0.05) is 45.3 Å². The summed E-state index contributed by atoms with van der Waals surface area (Å²) < 4.78 is 10.0. The van der Waals surface area contributed by atoms with Crippen LogP contribution in [0.2, 0.25) is 0 Å². The Balaban J connectivity index is 1.54. The number of guanidine groups is 1. The van der Waals surface area contributed by atoms with Gasteiger partial charge in [0.25, 0.3) is 0 Å². The molecule has 9 heteroatoms. The van der Waals surface area contributed by atoms with E-state index in [1.165, 1.54) is 0 Å². The molecule has 0 saturated carbocycles. The fraction of sp³-hybridized carbons (Fsp3) is 0.600. The van der Waals surface area contributed by atoms with Gasteiger partial charge in [0.1, 0.15) is 12.8 Å². The Morgan fingerprint density at radius 3 is 2.75 bits per heavy atom. The summed E-state index contributed by atoms with van der Waals surface area (Å²) >= 11 is 0. The Labute approximate surface area is 140 Å². The summed E-state index contributed by atoms with van der Waals surface area (Å²) in [6.45, 7) is 9.62. The van der Waals surface area contributed by atoms with Gasteiger partial charge in [0.05, 0.1) is 5.69 Å². The third kappa shape index (κ3) is 4.31. The van der Waals surface area contributed by atoms with Gasteiger partial charge in [-0.25, -0.2) is 4.99 Å². The molecule has 1 aliphatic rings. The van der Waals surface area contributed by atoms with Crippen LogP contribution in [0.5, 0.6) is 0 Å². The monoisotopic (exact) mass is 333 g/mol. The van der Waals surface area contributed by atoms with Gasteiger partial charge in [-0.15, -0.1) is 0 Å². The van der Waals surface area contributed by atoms with Crippen LogP contribution in [0.1, 0.15) is 24.3 Å². The summed E-state index contributed by atoms with van der Waals surface area (Å²) in [4.78, 5) is 13.4. The van der Waals surface area contributed by atoms with E-state index in [0.717, 1.165) is 50.9 Å². The summed E-state index contributed by atoms with van der Waals surface area (Å²) in [5.41, 5.74) is 0.968. The number of nitrogens with one attached hydrogen (secondary N) is 1. The second-order valence-electron chi connectivity index (χ2n) is 5.66. The molecule has 2 aromatic heterocycles. The van der Waals surface area contributed by atoms with E-state index in [9.17, 15) is 0 Å². The summed E-state index contributed by atoms with van der Waals surface area (Å²) in [7, 11) is 0. The summed E-state index contributed by atoms with van der Waals surface area (Å²) in [5, 5.41) is 11.1. The van der Waals surface area contributed by atoms with E-state index in [4.69, 9.17) is 9.05 Å². The molecule has 3 rings (SSSR count). The van der Waals surface area contributed by atoms with Gasteiger partial charge in [-0.05, 0) is 13.8 Å². The van der Waals surface area contributed by atoms with Crippen LogP contribution in [0.15, 0.2) is 26.4 Å². The largest absolute Gasteiger partial charge is 0.364 e. The van der Waals surface area contributed by atoms with Gasteiger partial charge in [-0.3, -0.25) is 4.90 Å². The van der Waals surface area contributed by atoms with Crippen molar-refractivity contribution in [1.29, 1.82) is 0 Å². The standard InChI is InChI=1S/C15H23N7O2/c1-3-16-15(17-10-14-18-12(2)19-24-14)22-7-5-21(6-8-22)11-13-4-9-23-20-13/h4,9H,3,5-8,10-11H2,1-2H3,(H,16,17). The second-order valence-corrected chi connectivity index (χ2v) is 5.66. The van der Waals surface area contributed by atoms with E-state index in [1.807, 2.05) is 6.07 Å². The first-order chi connectivity index (χ1) is 11.7. The van der Waals surface area contributed by atoms with Crippen LogP contribution in [0.4, 0.5) is 0 Å². The number of piperazine rings is 1. The zero-order valence-electron chi connectivity index (χ0n) is 14.1. The van der Waals surface area contributed by atoms with E-state index in [0.29, 0.717) is 18.3 Å². The first-order valence-corrected chi connectivity index (χ1v) is 8.18. The highest BCUT2D eigenvalue weighted by molar-refractivity contribution is 5.80. The Kier molecular flexibility index (Phi) is 5.42. The Hall–Kier alpha value is -2.42. The summed E-state index contributed by atoms with van der Waals surface area (Å²) in [5.74, 6) is 2.05. The molecule has 0 aromatic carbocycles. The molecule has 1 aliphatic heterocycles. The maximum Gasteiger partial charge on any atom is 0.248 e. The van der Waals surface area contributed by atoms with Crippen molar-refractivity contribution in [2.24, 2.45) is 4.99 Å². The topological polar surface area (TPSA) is 95.8 Å². The maximum absolute atomic E-state index is 5.12. The number of aliphatic imine (C=N–C) groups is 1. The zero-order chi connectivity index (χ0) is 16.8. The molecule has 1 saturated heterocycles.